The maximum Gasteiger partial charge on any atom is 0.278 e. The Kier molecular flexibility index (Phi) is 4.33. The molecule has 0 aliphatic carbocycles. The number of hydrogen-bond acceptors (Lipinski definition) is 4. The minimum atomic E-state index is -0.271. The maximum absolute atomic E-state index is 12.7. The Labute approximate surface area is 154 Å². The molecule has 0 spiro atoms. The van der Waals surface area contributed by atoms with E-state index >= 15 is 0 Å². The minimum absolute atomic E-state index is 0.0961. The topological polar surface area (TPSA) is 89.0 Å². The first-order valence-electron chi connectivity index (χ1n) is 8.51. The lowest BCUT2D eigenvalue weighted by atomic mass is 10.2. The lowest BCUT2D eigenvalue weighted by Crippen LogP contribution is -2.32. The molecule has 0 atom stereocenters. The largest absolute Gasteiger partial charge is 0.497 e. The minimum Gasteiger partial charge on any atom is -0.497 e. The van der Waals surface area contributed by atoms with E-state index in [1.165, 1.54) is 10.9 Å². The third kappa shape index (κ3) is 3.27. The molecule has 2 aromatic carbocycles. The van der Waals surface area contributed by atoms with Gasteiger partial charge in [0.1, 0.15) is 23.3 Å². The zero-order valence-electron chi connectivity index (χ0n) is 14.7. The number of methoxy groups -OCH3 is 1. The SMILES string of the molecule is COc1cccc(CNC(=O)Cn2cnc3c([nH]c4ccccc43)c2=O)c1. The number of nitrogens with zero attached hydrogens (tertiary/aromatic N) is 2. The molecular formula is C20H18N4O3. The van der Waals surface area contributed by atoms with Gasteiger partial charge in [-0.15, -0.1) is 0 Å². The number of fused-ring (bicyclic) bond motifs is 3. The van der Waals surface area contributed by atoms with E-state index in [1.807, 2.05) is 48.5 Å². The Hall–Kier alpha value is -3.61. The molecule has 0 saturated carbocycles. The summed E-state index contributed by atoms with van der Waals surface area (Å²) in [4.78, 5) is 32.4. The van der Waals surface area contributed by atoms with Crippen molar-refractivity contribution in [2.24, 2.45) is 0 Å². The first kappa shape index (κ1) is 16.8. The van der Waals surface area contributed by atoms with Crippen LogP contribution in [-0.2, 0) is 17.9 Å². The van der Waals surface area contributed by atoms with Crippen molar-refractivity contribution in [1.29, 1.82) is 0 Å². The molecule has 0 bridgehead atoms. The number of amides is 1. The molecule has 0 unspecified atom stereocenters. The molecule has 0 aliphatic rings. The lowest BCUT2D eigenvalue weighted by molar-refractivity contribution is -0.121. The van der Waals surface area contributed by atoms with Crippen LogP contribution < -0.4 is 15.6 Å². The standard InChI is InChI=1S/C20H18N4O3/c1-27-14-6-4-5-13(9-14)10-21-17(25)11-24-12-22-18-15-7-2-3-8-16(15)23-19(18)20(24)26/h2-9,12,23H,10-11H2,1H3,(H,21,25). The molecule has 0 fully saturated rings. The second-order valence-electron chi connectivity index (χ2n) is 6.20. The van der Waals surface area contributed by atoms with Gasteiger partial charge in [0.25, 0.3) is 5.56 Å². The molecule has 1 amide bonds. The average Bonchev–Trinajstić information content (AvgIpc) is 3.08. The molecule has 2 aromatic heterocycles. The highest BCUT2D eigenvalue weighted by molar-refractivity contribution is 6.04. The Morgan fingerprint density at radius 2 is 2.07 bits per heavy atom. The summed E-state index contributed by atoms with van der Waals surface area (Å²) in [5, 5.41) is 3.70. The van der Waals surface area contributed by atoms with Crippen LogP contribution in [0.2, 0.25) is 0 Å². The molecule has 0 saturated heterocycles. The highest BCUT2D eigenvalue weighted by Crippen LogP contribution is 2.20. The summed E-state index contributed by atoms with van der Waals surface area (Å²) >= 11 is 0. The summed E-state index contributed by atoms with van der Waals surface area (Å²) in [7, 11) is 1.59. The number of nitrogens with one attached hydrogen (secondary N) is 2. The highest BCUT2D eigenvalue weighted by Gasteiger charge is 2.12. The number of H-pyrrole nitrogens is 1. The van der Waals surface area contributed by atoms with E-state index in [9.17, 15) is 9.59 Å². The number of hydrogen-bond donors (Lipinski definition) is 2. The lowest BCUT2D eigenvalue weighted by Gasteiger charge is -2.08. The summed E-state index contributed by atoms with van der Waals surface area (Å²) < 4.78 is 6.47. The van der Waals surface area contributed by atoms with Gasteiger partial charge in [-0.25, -0.2) is 4.98 Å². The van der Waals surface area contributed by atoms with E-state index in [0.717, 1.165) is 22.2 Å². The van der Waals surface area contributed by atoms with Crippen LogP contribution in [0.15, 0.2) is 59.7 Å². The van der Waals surface area contributed by atoms with Gasteiger partial charge >= 0.3 is 0 Å². The maximum atomic E-state index is 12.7. The van der Waals surface area contributed by atoms with Gasteiger partial charge in [0.2, 0.25) is 5.91 Å². The molecule has 0 aliphatic heterocycles. The molecule has 27 heavy (non-hydrogen) atoms. The Balaban J connectivity index is 1.52. The van der Waals surface area contributed by atoms with E-state index in [2.05, 4.69) is 15.3 Å². The summed E-state index contributed by atoms with van der Waals surface area (Å²) in [6, 6.07) is 15.0. The summed E-state index contributed by atoms with van der Waals surface area (Å²) in [6.07, 6.45) is 1.41. The normalized spacial score (nSPS) is 11.0. The number of aromatic amines is 1. The summed E-state index contributed by atoms with van der Waals surface area (Å²) in [5.74, 6) is 0.462. The summed E-state index contributed by atoms with van der Waals surface area (Å²) in [5.41, 5.74) is 2.51. The van der Waals surface area contributed by atoms with Gasteiger partial charge < -0.3 is 15.0 Å². The number of carbonyl (C=O) groups excluding carboxylic acids is 1. The van der Waals surface area contributed by atoms with Crippen LogP contribution in [0.3, 0.4) is 0 Å². The first-order valence-corrected chi connectivity index (χ1v) is 8.51. The number of carbonyl (C=O) groups is 1. The average molecular weight is 362 g/mol. The van der Waals surface area contributed by atoms with Crippen molar-refractivity contribution in [3.63, 3.8) is 0 Å². The van der Waals surface area contributed by atoms with Gasteiger partial charge in [-0.3, -0.25) is 14.2 Å². The quantitative estimate of drug-likeness (QED) is 0.570. The number of rotatable bonds is 5. The third-order valence-electron chi connectivity index (χ3n) is 4.42. The molecule has 136 valence electrons. The predicted octanol–water partition coefficient (Wildman–Crippen LogP) is 2.20. The van der Waals surface area contributed by atoms with Crippen LogP contribution in [0.1, 0.15) is 5.56 Å². The van der Waals surface area contributed by atoms with Gasteiger partial charge in [-0.2, -0.15) is 0 Å². The van der Waals surface area contributed by atoms with E-state index in [1.54, 1.807) is 7.11 Å². The van der Waals surface area contributed by atoms with Gasteiger partial charge in [0.15, 0.2) is 0 Å². The van der Waals surface area contributed by atoms with Crippen LogP contribution in [0.4, 0.5) is 0 Å². The van der Waals surface area contributed by atoms with Gasteiger partial charge in [-0.05, 0) is 23.8 Å². The summed E-state index contributed by atoms with van der Waals surface area (Å²) in [6.45, 7) is 0.258. The fourth-order valence-corrected chi connectivity index (χ4v) is 3.05. The van der Waals surface area contributed by atoms with Gasteiger partial charge in [0, 0.05) is 17.4 Å². The molecule has 4 rings (SSSR count). The Morgan fingerprint density at radius 3 is 2.93 bits per heavy atom. The van der Waals surface area contributed by atoms with Crippen LogP contribution in [0.5, 0.6) is 5.75 Å². The number of benzene rings is 2. The second kappa shape index (κ2) is 6.95. The fraction of sp³-hybridized carbons (Fsp3) is 0.150. The molecule has 0 radical (unpaired) electrons. The van der Waals surface area contributed by atoms with Crippen LogP contribution in [0.25, 0.3) is 21.9 Å². The Bertz CT molecular complexity index is 1190. The molecule has 7 nitrogen and oxygen atoms in total. The van der Waals surface area contributed by atoms with Crippen LogP contribution in [0, 0.1) is 0 Å². The van der Waals surface area contributed by atoms with Crippen molar-refractivity contribution in [3.05, 3.63) is 70.8 Å². The zero-order chi connectivity index (χ0) is 18.8. The fourth-order valence-electron chi connectivity index (χ4n) is 3.05. The first-order chi connectivity index (χ1) is 13.2. The number of aromatic nitrogens is 3. The van der Waals surface area contributed by atoms with E-state index in [4.69, 9.17) is 4.74 Å². The monoisotopic (exact) mass is 362 g/mol. The smallest absolute Gasteiger partial charge is 0.278 e. The molecule has 2 heterocycles. The van der Waals surface area contributed by atoms with Crippen LogP contribution in [-0.4, -0.2) is 27.6 Å². The molecule has 7 heteroatoms. The zero-order valence-corrected chi connectivity index (χ0v) is 14.7. The number of ether oxygens (including phenoxy) is 1. The van der Waals surface area contributed by atoms with Crippen molar-refractivity contribution < 1.29 is 9.53 Å². The third-order valence-corrected chi connectivity index (χ3v) is 4.42. The second-order valence-corrected chi connectivity index (χ2v) is 6.20. The number of para-hydroxylation sites is 1. The van der Waals surface area contributed by atoms with Crippen LogP contribution >= 0.6 is 0 Å². The van der Waals surface area contributed by atoms with E-state index in [-0.39, 0.29) is 18.0 Å². The van der Waals surface area contributed by atoms with Gasteiger partial charge in [0.05, 0.1) is 13.4 Å². The predicted molar refractivity (Wildman–Crippen MR) is 103 cm³/mol. The van der Waals surface area contributed by atoms with Gasteiger partial charge in [-0.1, -0.05) is 30.3 Å². The van der Waals surface area contributed by atoms with E-state index in [0.29, 0.717) is 17.6 Å². The van der Waals surface area contributed by atoms with Crippen molar-refractivity contribution in [1.82, 2.24) is 19.9 Å². The van der Waals surface area contributed by atoms with Crippen molar-refractivity contribution in [3.8, 4) is 5.75 Å². The van der Waals surface area contributed by atoms with E-state index < -0.39 is 0 Å². The van der Waals surface area contributed by atoms with Crippen molar-refractivity contribution in [2.75, 3.05) is 7.11 Å². The van der Waals surface area contributed by atoms with Crippen molar-refractivity contribution in [2.45, 2.75) is 13.1 Å². The van der Waals surface area contributed by atoms with Crippen molar-refractivity contribution >= 4 is 27.8 Å². The molecular weight excluding hydrogens is 344 g/mol. The molecule has 2 N–H and O–H groups in total. The highest BCUT2D eigenvalue weighted by atomic mass is 16.5. The molecule has 4 aromatic rings. The Morgan fingerprint density at radius 1 is 1.22 bits per heavy atom.